The first-order valence-corrected chi connectivity index (χ1v) is 37.1. The summed E-state index contributed by atoms with van der Waals surface area (Å²) in [4.78, 5) is 24.5. The van der Waals surface area contributed by atoms with Crippen LogP contribution in [0.3, 0.4) is 0 Å². The van der Waals surface area contributed by atoms with Crippen LogP contribution in [0, 0.1) is 10.8 Å². The lowest BCUT2D eigenvalue weighted by molar-refractivity contribution is -0.153. The molecule has 0 fully saturated rings. The molecule has 198 valence electrons. The number of rotatable bonds is 10. The maximum Gasteiger partial charge on any atom is 0.312 e. The lowest BCUT2D eigenvalue weighted by atomic mass is 9.92. The number of ketones is 1. The van der Waals surface area contributed by atoms with Crippen molar-refractivity contribution in [1.82, 2.24) is 0 Å². The van der Waals surface area contributed by atoms with Gasteiger partial charge in [0.1, 0.15) is 4.64 Å². The predicted octanol–water partition coefficient (Wildman–Crippen LogP) is 10.8. The molecule has 0 aromatic heterocycles. The molecule has 0 aliphatic carbocycles. The van der Waals surface area contributed by atoms with Crippen LogP contribution in [-0.4, -0.2) is 21.2 Å². The zero-order valence-electron chi connectivity index (χ0n) is 19.8. The third-order valence-electron chi connectivity index (χ3n) is 3.91. The predicted molar refractivity (Wildman–Crippen MR) is 214 cm³/mol. The smallest absolute Gasteiger partial charge is 0.312 e. The number of esters is 1. The Morgan fingerprint density at radius 3 is 1.30 bits per heavy atom. The summed E-state index contributed by atoms with van der Waals surface area (Å²) in [5, 5.41) is 0. The summed E-state index contributed by atoms with van der Waals surface area (Å²) >= 11 is 0. The van der Waals surface area contributed by atoms with Crippen LogP contribution in [-0.2, 0) is 14.3 Å². The molecular weight excluding hydrogens is 750 g/mol. The molecule has 0 heterocycles. The molecule has 33 heavy (non-hydrogen) atoms. The first-order valence-electron chi connectivity index (χ1n) is 9.11. The first kappa shape index (κ1) is 42.0. The normalized spacial score (nSPS) is 19.5. The summed E-state index contributed by atoms with van der Waals surface area (Å²) in [5.41, 5.74) is -0.695. The number of carbonyl (C=O) groups is 2. The van der Waals surface area contributed by atoms with Crippen molar-refractivity contribution in [3.05, 3.63) is 0 Å². The van der Waals surface area contributed by atoms with E-state index in [1.54, 1.807) is 0 Å². The number of ether oxygens (including phenoxy) is 1. The van der Waals surface area contributed by atoms with Crippen molar-refractivity contribution in [3.63, 3.8) is 0 Å². The zero-order valence-corrected chi connectivity index (χ0v) is 38.9. The highest BCUT2D eigenvalue weighted by molar-refractivity contribution is 8.68. The van der Waals surface area contributed by atoms with E-state index >= 15 is 0 Å². The van der Waals surface area contributed by atoms with Crippen LogP contribution < -0.4 is 0 Å². The van der Waals surface area contributed by atoms with Gasteiger partial charge in [-0.15, -0.1) is 89.3 Å². The average molecular weight is 792 g/mol. The summed E-state index contributed by atoms with van der Waals surface area (Å²) in [7, 11) is 29.3. The molecule has 0 aliphatic heterocycles. The summed E-state index contributed by atoms with van der Waals surface area (Å²) in [5.74, 6) is 0.309. The van der Waals surface area contributed by atoms with Gasteiger partial charge in [-0.2, -0.15) is 0 Å². The molecule has 0 aromatic carbocycles. The Balaban J connectivity index is 0. The van der Waals surface area contributed by atoms with Crippen molar-refractivity contribution < 1.29 is 14.3 Å². The number of carbonyl (C=O) groups excluding carboxylic acids is 2. The molecule has 0 radical (unpaired) electrons. The Bertz CT molecular complexity index is 620. The SMILES string of the molecule is CC(C)(C)C(=O)C(PP)(P(P)P)P(P)PP.CC(C)(C)C(=O)OC(PP)(P(P)P)P(P)PP. The molecule has 0 spiro atoms. The van der Waals surface area contributed by atoms with E-state index in [0.717, 1.165) is 7.96 Å². The van der Waals surface area contributed by atoms with E-state index < -0.39 is 27.3 Å². The minimum atomic E-state index is -0.490. The third kappa shape index (κ3) is 13.0. The Labute approximate surface area is 237 Å². The maximum absolute atomic E-state index is 12.7. The van der Waals surface area contributed by atoms with Gasteiger partial charge in [0.05, 0.1) is 5.41 Å². The second kappa shape index (κ2) is 19.2. The number of hydrogen-bond donors (Lipinski definition) is 0. The Hall–Kier alpha value is 6.88. The monoisotopic (exact) mass is 792 g/mol. The van der Waals surface area contributed by atoms with E-state index in [1.807, 2.05) is 41.5 Å². The van der Waals surface area contributed by atoms with Crippen LogP contribution in [0.15, 0.2) is 0 Å². The molecule has 0 aromatic rings. The molecule has 18 atom stereocenters. The van der Waals surface area contributed by atoms with Gasteiger partial charge in [0.25, 0.3) is 0 Å². The van der Waals surface area contributed by atoms with E-state index in [4.69, 9.17) is 4.74 Å². The van der Waals surface area contributed by atoms with Gasteiger partial charge < -0.3 is 4.74 Å². The van der Waals surface area contributed by atoms with Crippen molar-refractivity contribution in [2.75, 3.05) is 0 Å². The Morgan fingerprint density at radius 1 is 0.667 bits per heavy atom. The molecule has 21 heteroatoms. The molecule has 0 rings (SSSR count). The second-order valence-corrected chi connectivity index (χ2v) is 46.5. The van der Waals surface area contributed by atoms with E-state index in [2.05, 4.69) is 89.3 Å². The van der Waals surface area contributed by atoms with Gasteiger partial charge in [-0.05, 0) is 58.2 Å². The fraction of sp³-hybridized carbons (Fsp3) is 0.833. The van der Waals surface area contributed by atoms with Gasteiger partial charge in [0.15, 0.2) is 10.6 Å². The molecule has 0 amide bonds. The van der Waals surface area contributed by atoms with E-state index in [0.29, 0.717) is 30.3 Å². The van der Waals surface area contributed by atoms with Gasteiger partial charge in [-0.3, -0.25) is 9.59 Å². The minimum Gasteiger partial charge on any atom is -0.444 e. The van der Waals surface area contributed by atoms with E-state index in [-0.39, 0.29) is 28.1 Å². The standard InChI is InChI=1S/C6H21O2P9.C6H21OP9/c1-5(2,3)4(7)8-6(14-9,16(11)12)17(13)15-10;1-5(2,3)4(7)6(13-8,15(10)11)16(12)14-9/h14-15H,9-13H2,1-3H3;13-14H,8-12H2,1-3H3. The topological polar surface area (TPSA) is 43.4 Å². The van der Waals surface area contributed by atoms with Crippen LogP contribution in [0.2, 0.25) is 0 Å². The summed E-state index contributed by atoms with van der Waals surface area (Å²) in [6.07, 6.45) is 0. The second-order valence-electron chi connectivity index (χ2n) is 8.60. The zero-order chi connectivity index (χ0) is 27.0. The van der Waals surface area contributed by atoms with Gasteiger partial charge in [-0.25, -0.2) is 0 Å². The number of Topliss-reactive ketones (excluding diaryl/α,β-unsaturated/α-hetero) is 1. The summed E-state index contributed by atoms with van der Waals surface area (Å²) in [6, 6.07) is 0. The van der Waals surface area contributed by atoms with Gasteiger partial charge in [-0.1, -0.05) is 45.0 Å². The van der Waals surface area contributed by atoms with Crippen molar-refractivity contribution >= 4 is 163 Å². The molecule has 0 saturated heterocycles. The van der Waals surface area contributed by atoms with Crippen molar-refractivity contribution in [2.24, 2.45) is 10.8 Å². The van der Waals surface area contributed by atoms with Gasteiger partial charge in [0, 0.05) is 5.41 Å². The van der Waals surface area contributed by atoms with Crippen LogP contribution in [0.4, 0.5) is 0 Å². The fourth-order valence-electron chi connectivity index (χ4n) is 1.95. The van der Waals surface area contributed by atoms with Crippen molar-refractivity contribution in [2.45, 2.75) is 51.0 Å². The van der Waals surface area contributed by atoms with Crippen LogP contribution >= 0.6 is 151 Å². The lowest BCUT2D eigenvalue weighted by Gasteiger charge is -2.43. The Kier molecular flexibility index (Phi) is 24.5. The highest BCUT2D eigenvalue weighted by atomic mass is 32.6. The van der Waals surface area contributed by atoms with Crippen LogP contribution in [0.5, 0.6) is 0 Å². The van der Waals surface area contributed by atoms with E-state index in [9.17, 15) is 9.59 Å². The van der Waals surface area contributed by atoms with Crippen LogP contribution in [0.25, 0.3) is 0 Å². The fourth-order valence-corrected chi connectivity index (χ4v) is 60.9. The van der Waals surface area contributed by atoms with Crippen molar-refractivity contribution in [1.29, 1.82) is 0 Å². The summed E-state index contributed by atoms with van der Waals surface area (Å²) in [6.45, 7) is 11.8. The molecule has 0 saturated carbocycles. The molecule has 0 bridgehead atoms. The van der Waals surface area contributed by atoms with Crippen molar-refractivity contribution in [3.8, 4) is 0 Å². The lowest BCUT2D eigenvalue weighted by Crippen LogP contribution is -2.35. The minimum absolute atomic E-state index is 0.108. The number of hydrogen-bond acceptors (Lipinski definition) is 3. The summed E-state index contributed by atoms with van der Waals surface area (Å²) < 4.78 is 5.76. The Morgan fingerprint density at radius 2 is 1.09 bits per heavy atom. The first-order chi connectivity index (χ1) is 14.8. The maximum atomic E-state index is 12.7. The highest BCUT2D eigenvalue weighted by Crippen LogP contribution is 2.92. The largest absolute Gasteiger partial charge is 0.444 e. The van der Waals surface area contributed by atoms with Gasteiger partial charge >= 0.3 is 5.97 Å². The average Bonchev–Trinajstić information content (AvgIpc) is 2.70. The van der Waals surface area contributed by atoms with Gasteiger partial charge in [0.2, 0.25) is 0 Å². The van der Waals surface area contributed by atoms with Crippen LogP contribution in [0.1, 0.15) is 41.5 Å². The molecule has 3 nitrogen and oxygen atoms in total. The molecule has 0 aliphatic rings. The molecule has 0 N–H and O–H groups in total. The molecule has 18 unspecified atom stereocenters. The highest BCUT2D eigenvalue weighted by Gasteiger charge is 2.49. The molecular formula is C12H42O3P18. The third-order valence-corrected chi connectivity index (χ3v) is 56.1. The quantitative estimate of drug-likeness (QED) is 0.164. The van der Waals surface area contributed by atoms with E-state index in [1.165, 1.54) is 0 Å².